The molecule has 0 spiro atoms. The van der Waals surface area contributed by atoms with Crippen LogP contribution in [0.3, 0.4) is 0 Å². The summed E-state index contributed by atoms with van der Waals surface area (Å²) in [5.74, 6) is 2.53. The SMILES string of the molecule is CCOc1ccccc1C(N)CN1CCC(C(C)C)C1. The molecule has 0 bridgehead atoms. The van der Waals surface area contributed by atoms with Crippen LogP contribution >= 0.6 is 0 Å². The lowest BCUT2D eigenvalue weighted by Gasteiger charge is -2.23. The van der Waals surface area contributed by atoms with Crippen LogP contribution in [0.1, 0.15) is 38.8 Å². The number of para-hydroxylation sites is 1. The van der Waals surface area contributed by atoms with Gasteiger partial charge >= 0.3 is 0 Å². The van der Waals surface area contributed by atoms with Gasteiger partial charge in [0.05, 0.1) is 6.61 Å². The molecule has 1 aliphatic rings. The number of rotatable bonds is 6. The first-order valence-electron chi connectivity index (χ1n) is 7.81. The summed E-state index contributed by atoms with van der Waals surface area (Å²) >= 11 is 0. The highest BCUT2D eigenvalue weighted by Crippen LogP contribution is 2.28. The second kappa shape index (κ2) is 7.09. The van der Waals surface area contributed by atoms with E-state index in [9.17, 15) is 0 Å². The molecular weight excluding hydrogens is 248 g/mol. The second-order valence-electron chi connectivity index (χ2n) is 6.13. The van der Waals surface area contributed by atoms with Crippen molar-refractivity contribution < 1.29 is 4.74 Å². The van der Waals surface area contributed by atoms with E-state index in [1.54, 1.807) is 0 Å². The molecule has 0 saturated carbocycles. The smallest absolute Gasteiger partial charge is 0.124 e. The minimum absolute atomic E-state index is 0.0312. The van der Waals surface area contributed by atoms with Crippen molar-refractivity contribution in [3.05, 3.63) is 29.8 Å². The number of nitrogens with zero attached hydrogens (tertiary/aromatic N) is 1. The van der Waals surface area contributed by atoms with E-state index in [0.29, 0.717) is 6.61 Å². The summed E-state index contributed by atoms with van der Waals surface area (Å²) in [6.07, 6.45) is 1.30. The maximum Gasteiger partial charge on any atom is 0.124 e. The van der Waals surface area contributed by atoms with E-state index >= 15 is 0 Å². The molecule has 3 nitrogen and oxygen atoms in total. The van der Waals surface area contributed by atoms with Crippen LogP contribution in [-0.2, 0) is 0 Å². The lowest BCUT2D eigenvalue weighted by molar-refractivity contribution is 0.281. The Bertz CT molecular complexity index is 419. The van der Waals surface area contributed by atoms with Crippen molar-refractivity contribution in [3.8, 4) is 5.75 Å². The van der Waals surface area contributed by atoms with Crippen LogP contribution in [0.4, 0.5) is 0 Å². The van der Waals surface area contributed by atoms with Gasteiger partial charge in [0.2, 0.25) is 0 Å². The van der Waals surface area contributed by atoms with Crippen LogP contribution in [-0.4, -0.2) is 31.1 Å². The van der Waals surface area contributed by atoms with Gasteiger partial charge in [0.15, 0.2) is 0 Å². The lowest BCUT2D eigenvalue weighted by Crippen LogP contribution is -2.31. The number of nitrogens with two attached hydrogens (primary N) is 1. The van der Waals surface area contributed by atoms with Crippen LogP contribution in [0.15, 0.2) is 24.3 Å². The Morgan fingerprint density at radius 1 is 1.35 bits per heavy atom. The van der Waals surface area contributed by atoms with Crippen molar-refractivity contribution in [2.45, 2.75) is 33.2 Å². The van der Waals surface area contributed by atoms with Gasteiger partial charge in [-0.15, -0.1) is 0 Å². The Balaban J connectivity index is 1.97. The Labute approximate surface area is 123 Å². The molecule has 112 valence electrons. The summed E-state index contributed by atoms with van der Waals surface area (Å²) in [7, 11) is 0. The molecule has 0 aromatic heterocycles. The number of ether oxygens (including phenoxy) is 1. The van der Waals surface area contributed by atoms with Crippen molar-refractivity contribution in [1.82, 2.24) is 4.90 Å². The van der Waals surface area contributed by atoms with E-state index in [1.165, 1.54) is 19.5 Å². The highest BCUT2D eigenvalue weighted by Gasteiger charge is 2.26. The molecule has 1 aromatic rings. The van der Waals surface area contributed by atoms with E-state index in [0.717, 1.165) is 29.7 Å². The first kappa shape index (κ1) is 15.3. The number of hydrogen-bond acceptors (Lipinski definition) is 3. The zero-order chi connectivity index (χ0) is 14.5. The molecule has 1 aliphatic heterocycles. The lowest BCUT2D eigenvalue weighted by atomic mass is 9.95. The highest BCUT2D eigenvalue weighted by molar-refractivity contribution is 5.36. The number of hydrogen-bond donors (Lipinski definition) is 1. The van der Waals surface area contributed by atoms with Crippen LogP contribution in [0.25, 0.3) is 0 Å². The summed E-state index contributed by atoms with van der Waals surface area (Å²) in [5, 5.41) is 0. The quantitative estimate of drug-likeness (QED) is 0.868. The van der Waals surface area contributed by atoms with Crippen molar-refractivity contribution in [2.75, 3.05) is 26.2 Å². The van der Waals surface area contributed by atoms with Gasteiger partial charge in [0.1, 0.15) is 5.75 Å². The average Bonchev–Trinajstić information content (AvgIpc) is 2.88. The standard InChI is InChI=1S/C17H28N2O/c1-4-20-17-8-6-5-7-15(17)16(18)12-19-10-9-14(11-19)13(2)3/h5-8,13-14,16H,4,9-12,18H2,1-3H3. The zero-order valence-electron chi connectivity index (χ0n) is 13.0. The molecule has 3 heteroatoms. The molecule has 1 saturated heterocycles. The van der Waals surface area contributed by atoms with E-state index in [2.05, 4.69) is 24.8 Å². The Kier molecular flexibility index (Phi) is 5.44. The topological polar surface area (TPSA) is 38.5 Å². The Hall–Kier alpha value is -1.06. The summed E-state index contributed by atoms with van der Waals surface area (Å²) in [4.78, 5) is 2.50. The minimum atomic E-state index is 0.0312. The molecule has 0 aliphatic carbocycles. The zero-order valence-corrected chi connectivity index (χ0v) is 13.0. The van der Waals surface area contributed by atoms with E-state index in [4.69, 9.17) is 10.5 Å². The fourth-order valence-corrected chi connectivity index (χ4v) is 3.02. The van der Waals surface area contributed by atoms with Gasteiger partial charge in [-0.25, -0.2) is 0 Å². The van der Waals surface area contributed by atoms with E-state index < -0.39 is 0 Å². The molecule has 2 rings (SSSR count). The largest absolute Gasteiger partial charge is 0.494 e. The summed E-state index contributed by atoms with van der Waals surface area (Å²) in [5.41, 5.74) is 7.53. The fourth-order valence-electron chi connectivity index (χ4n) is 3.02. The van der Waals surface area contributed by atoms with Crippen LogP contribution in [0, 0.1) is 11.8 Å². The number of likely N-dealkylation sites (tertiary alicyclic amines) is 1. The van der Waals surface area contributed by atoms with Gasteiger partial charge < -0.3 is 15.4 Å². The Morgan fingerprint density at radius 2 is 2.10 bits per heavy atom. The third kappa shape index (κ3) is 3.74. The molecule has 20 heavy (non-hydrogen) atoms. The van der Waals surface area contributed by atoms with Gasteiger partial charge in [-0.05, 0) is 37.8 Å². The normalized spacial score (nSPS) is 21.4. The average molecular weight is 276 g/mol. The Morgan fingerprint density at radius 3 is 2.75 bits per heavy atom. The van der Waals surface area contributed by atoms with Gasteiger partial charge in [0.25, 0.3) is 0 Å². The van der Waals surface area contributed by atoms with Crippen LogP contribution in [0.2, 0.25) is 0 Å². The van der Waals surface area contributed by atoms with Gasteiger partial charge in [-0.3, -0.25) is 0 Å². The summed E-state index contributed by atoms with van der Waals surface area (Å²) < 4.78 is 5.68. The van der Waals surface area contributed by atoms with Gasteiger partial charge in [0, 0.05) is 24.7 Å². The van der Waals surface area contributed by atoms with Crippen molar-refractivity contribution >= 4 is 0 Å². The van der Waals surface area contributed by atoms with Crippen molar-refractivity contribution in [1.29, 1.82) is 0 Å². The monoisotopic (exact) mass is 276 g/mol. The molecule has 1 aromatic carbocycles. The van der Waals surface area contributed by atoms with Gasteiger partial charge in [-0.2, -0.15) is 0 Å². The first-order chi connectivity index (χ1) is 9.61. The molecule has 2 unspecified atom stereocenters. The minimum Gasteiger partial charge on any atom is -0.494 e. The fraction of sp³-hybridized carbons (Fsp3) is 0.647. The number of benzene rings is 1. The van der Waals surface area contributed by atoms with Crippen molar-refractivity contribution in [2.24, 2.45) is 17.6 Å². The predicted octanol–water partition coefficient (Wildman–Crippen LogP) is 3.06. The summed E-state index contributed by atoms with van der Waals surface area (Å²) in [6.45, 7) is 10.6. The summed E-state index contributed by atoms with van der Waals surface area (Å²) in [6, 6.07) is 8.18. The maximum absolute atomic E-state index is 6.41. The molecule has 0 amide bonds. The van der Waals surface area contributed by atoms with Crippen molar-refractivity contribution in [3.63, 3.8) is 0 Å². The third-order valence-corrected chi connectivity index (χ3v) is 4.32. The second-order valence-corrected chi connectivity index (χ2v) is 6.13. The predicted molar refractivity (Wildman–Crippen MR) is 83.9 cm³/mol. The van der Waals surface area contributed by atoms with Gasteiger partial charge in [-0.1, -0.05) is 32.0 Å². The first-order valence-corrected chi connectivity index (χ1v) is 7.81. The third-order valence-electron chi connectivity index (χ3n) is 4.32. The van der Waals surface area contributed by atoms with Crippen LogP contribution in [0.5, 0.6) is 5.75 Å². The molecule has 2 N–H and O–H groups in total. The molecule has 2 atom stereocenters. The van der Waals surface area contributed by atoms with E-state index in [-0.39, 0.29) is 6.04 Å². The maximum atomic E-state index is 6.41. The highest BCUT2D eigenvalue weighted by atomic mass is 16.5. The molecule has 1 fully saturated rings. The molecular formula is C17H28N2O. The molecule has 0 radical (unpaired) electrons. The van der Waals surface area contributed by atoms with E-state index in [1.807, 2.05) is 25.1 Å². The molecule has 1 heterocycles. The van der Waals surface area contributed by atoms with Crippen LogP contribution < -0.4 is 10.5 Å².